The monoisotopic (exact) mass is 282 g/mol. The lowest BCUT2D eigenvalue weighted by Crippen LogP contribution is -2.40. The molecule has 0 bridgehead atoms. The summed E-state index contributed by atoms with van der Waals surface area (Å²) in [5.74, 6) is 0.0137. The Morgan fingerprint density at radius 3 is 2.33 bits per heavy atom. The van der Waals surface area contributed by atoms with Gasteiger partial charge in [0.25, 0.3) is 0 Å². The lowest BCUT2D eigenvalue weighted by Gasteiger charge is -2.29. The molecule has 0 radical (unpaired) electrons. The second kappa shape index (κ2) is 5.17. The van der Waals surface area contributed by atoms with Crippen molar-refractivity contribution in [2.45, 2.75) is 33.0 Å². The van der Waals surface area contributed by atoms with E-state index in [0.717, 1.165) is 4.90 Å². The Balaban J connectivity index is 3.22. The van der Waals surface area contributed by atoms with Crippen LogP contribution in [0.5, 0.6) is 0 Å². The van der Waals surface area contributed by atoms with Crippen LogP contribution in [0.25, 0.3) is 0 Å². The van der Waals surface area contributed by atoms with E-state index in [9.17, 15) is 13.2 Å². The lowest BCUT2D eigenvalue weighted by atomic mass is 10.2. The first kappa shape index (κ1) is 14.8. The first-order valence-electron chi connectivity index (χ1n) is 5.25. The molecule has 0 aromatic carbocycles. The predicted octanol–water partition coefficient (Wildman–Crippen LogP) is 2.80. The fraction of sp³-hybridized carbons (Fsp3) is 0.600. The highest BCUT2D eigenvalue weighted by molar-refractivity contribution is 6.28. The number of halogens is 4. The molecular weight excluding hydrogens is 269 g/mol. The zero-order valence-electron chi connectivity index (χ0n) is 10.2. The predicted molar refractivity (Wildman–Crippen MR) is 64.7 cm³/mol. The number of rotatable bonds is 3. The molecule has 4 nitrogen and oxygen atoms in total. The molecule has 0 aliphatic carbocycles. The van der Waals surface area contributed by atoms with Crippen LogP contribution in [-0.2, 0) is 0 Å². The van der Waals surface area contributed by atoms with Crippen LogP contribution in [0.3, 0.4) is 0 Å². The highest BCUT2D eigenvalue weighted by atomic mass is 35.5. The molecule has 0 fully saturated rings. The van der Waals surface area contributed by atoms with Crippen molar-refractivity contribution in [2.75, 3.05) is 17.2 Å². The fourth-order valence-electron chi connectivity index (χ4n) is 1.45. The van der Waals surface area contributed by atoms with Gasteiger partial charge in [-0.3, -0.25) is 0 Å². The molecule has 0 atom stereocenters. The largest absolute Gasteiger partial charge is 0.405 e. The standard InChI is InChI=1S/C10H14ClF3N4/c1-5(2)18(4-10(12,13)14)8-7(15)6(3)16-9(11)17-8/h5H,4,15H2,1-3H3. The van der Waals surface area contributed by atoms with E-state index in [4.69, 9.17) is 17.3 Å². The van der Waals surface area contributed by atoms with Gasteiger partial charge in [0.2, 0.25) is 5.28 Å². The van der Waals surface area contributed by atoms with Crippen molar-refractivity contribution in [1.82, 2.24) is 9.97 Å². The number of nitrogens with two attached hydrogens (primary N) is 1. The molecule has 0 spiro atoms. The van der Waals surface area contributed by atoms with Gasteiger partial charge in [0.05, 0.1) is 11.4 Å². The van der Waals surface area contributed by atoms with E-state index < -0.39 is 18.8 Å². The summed E-state index contributed by atoms with van der Waals surface area (Å²) < 4.78 is 37.6. The summed E-state index contributed by atoms with van der Waals surface area (Å²) in [4.78, 5) is 8.64. The van der Waals surface area contributed by atoms with Gasteiger partial charge in [-0.2, -0.15) is 18.2 Å². The Hall–Kier alpha value is -1.24. The Kier molecular flexibility index (Phi) is 4.26. The van der Waals surface area contributed by atoms with E-state index in [1.54, 1.807) is 20.8 Å². The fourth-order valence-corrected chi connectivity index (χ4v) is 1.65. The number of aromatic nitrogens is 2. The van der Waals surface area contributed by atoms with E-state index in [-0.39, 0.29) is 16.8 Å². The van der Waals surface area contributed by atoms with Crippen LogP contribution < -0.4 is 10.6 Å². The second-order valence-corrected chi connectivity index (χ2v) is 4.49. The van der Waals surface area contributed by atoms with E-state index in [1.807, 2.05) is 0 Å². The van der Waals surface area contributed by atoms with E-state index in [1.165, 1.54) is 0 Å². The number of hydrogen-bond acceptors (Lipinski definition) is 4. The van der Waals surface area contributed by atoms with Crippen molar-refractivity contribution >= 4 is 23.1 Å². The van der Waals surface area contributed by atoms with Crippen molar-refractivity contribution < 1.29 is 13.2 Å². The average molecular weight is 283 g/mol. The van der Waals surface area contributed by atoms with Gasteiger partial charge in [-0.25, -0.2) is 4.98 Å². The minimum atomic E-state index is -4.35. The van der Waals surface area contributed by atoms with E-state index in [2.05, 4.69) is 9.97 Å². The molecule has 1 aromatic rings. The van der Waals surface area contributed by atoms with Gasteiger partial charge in [0.15, 0.2) is 5.82 Å². The Labute approximate surface area is 108 Å². The van der Waals surface area contributed by atoms with Crippen molar-refractivity contribution in [1.29, 1.82) is 0 Å². The summed E-state index contributed by atoms with van der Waals surface area (Å²) in [6, 6.07) is -0.417. The summed E-state index contributed by atoms with van der Waals surface area (Å²) in [5.41, 5.74) is 6.18. The maximum absolute atomic E-state index is 12.5. The summed E-state index contributed by atoms with van der Waals surface area (Å²) in [6.45, 7) is 3.67. The first-order valence-corrected chi connectivity index (χ1v) is 5.62. The molecule has 1 aromatic heterocycles. The minimum Gasteiger partial charge on any atom is -0.394 e. The molecular formula is C10H14ClF3N4. The van der Waals surface area contributed by atoms with Gasteiger partial charge in [-0.15, -0.1) is 0 Å². The van der Waals surface area contributed by atoms with Crippen LogP contribution in [0.2, 0.25) is 5.28 Å². The van der Waals surface area contributed by atoms with Crippen molar-refractivity contribution in [3.8, 4) is 0 Å². The molecule has 2 N–H and O–H groups in total. The molecule has 8 heteroatoms. The van der Waals surface area contributed by atoms with Crippen LogP contribution in [-0.4, -0.2) is 28.7 Å². The smallest absolute Gasteiger partial charge is 0.394 e. The zero-order chi connectivity index (χ0) is 14.1. The number of alkyl halides is 3. The van der Waals surface area contributed by atoms with Crippen LogP contribution in [0.4, 0.5) is 24.7 Å². The third-order valence-corrected chi connectivity index (χ3v) is 2.50. The van der Waals surface area contributed by atoms with E-state index >= 15 is 0 Å². The molecule has 0 saturated carbocycles. The number of nitrogens with zero attached hydrogens (tertiary/aromatic N) is 3. The molecule has 18 heavy (non-hydrogen) atoms. The van der Waals surface area contributed by atoms with Crippen molar-refractivity contribution in [3.05, 3.63) is 11.0 Å². The van der Waals surface area contributed by atoms with Gasteiger partial charge in [-0.1, -0.05) is 0 Å². The molecule has 0 unspecified atom stereocenters. The van der Waals surface area contributed by atoms with Crippen molar-refractivity contribution in [3.63, 3.8) is 0 Å². The Bertz CT molecular complexity index is 434. The lowest BCUT2D eigenvalue weighted by molar-refractivity contribution is -0.120. The van der Waals surface area contributed by atoms with Gasteiger partial charge in [-0.05, 0) is 32.4 Å². The molecule has 0 aliphatic heterocycles. The van der Waals surface area contributed by atoms with Gasteiger partial charge < -0.3 is 10.6 Å². The van der Waals surface area contributed by atoms with Crippen LogP contribution in [0.15, 0.2) is 0 Å². The molecule has 102 valence electrons. The summed E-state index contributed by atoms with van der Waals surface area (Å²) in [7, 11) is 0. The maximum Gasteiger partial charge on any atom is 0.405 e. The normalized spacial score (nSPS) is 12.0. The van der Waals surface area contributed by atoms with Gasteiger partial charge in [0, 0.05) is 6.04 Å². The molecule has 0 aliphatic rings. The second-order valence-electron chi connectivity index (χ2n) is 4.15. The zero-order valence-corrected chi connectivity index (χ0v) is 11.0. The highest BCUT2D eigenvalue weighted by Crippen LogP contribution is 2.29. The third-order valence-electron chi connectivity index (χ3n) is 2.33. The third kappa shape index (κ3) is 3.63. The van der Waals surface area contributed by atoms with Crippen molar-refractivity contribution in [2.24, 2.45) is 0 Å². The quantitative estimate of drug-likeness (QED) is 0.866. The Morgan fingerprint density at radius 2 is 1.89 bits per heavy atom. The molecule has 0 amide bonds. The first-order chi connectivity index (χ1) is 8.11. The number of anilines is 2. The van der Waals surface area contributed by atoms with Crippen LogP contribution in [0, 0.1) is 6.92 Å². The molecule has 1 heterocycles. The van der Waals surface area contributed by atoms with Gasteiger partial charge >= 0.3 is 6.18 Å². The number of aryl methyl sites for hydroxylation is 1. The van der Waals surface area contributed by atoms with E-state index in [0.29, 0.717) is 5.69 Å². The average Bonchev–Trinajstić information content (AvgIpc) is 2.18. The summed E-state index contributed by atoms with van der Waals surface area (Å²) in [6.07, 6.45) is -4.35. The topological polar surface area (TPSA) is 55.0 Å². The molecule has 0 saturated heterocycles. The highest BCUT2D eigenvalue weighted by Gasteiger charge is 2.33. The van der Waals surface area contributed by atoms with Gasteiger partial charge in [0.1, 0.15) is 6.54 Å². The number of hydrogen-bond donors (Lipinski definition) is 1. The van der Waals surface area contributed by atoms with Crippen LogP contribution >= 0.6 is 11.6 Å². The Morgan fingerprint density at radius 1 is 1.33 bits per heavy atom. The number of nitrogen functional groups attached to an aromatic ring is 1. The maximum atomic E-state index is 12.5. The SMILES string of the molecule is Cc1nc(Cl)nc(N(CC(F)(F)F)C(C)C)c1N. The summed E-state index contributed by atoms with van der Waals surface area (Å²) >= 11 is 5.66. The minimum absolute atomic E-state index is 0.0137. The summed E-state index contributed by atoms with van der Waals surface area (Å²) in [5, 5.41) is -0.121. The molecule has 1 rings (SSSR count). The van der Waals surface area contributed by atoms with Crippen LogP contribution in [0.1, 0.15) is 19.5 Å².